The molecule has 1 N–H and O–H groups in total. The summed E-state index contributed by atoms with van der Waals surface area (Å²) in [7, 11) is 1.54. The van der Waals surface area contributed by atoms with Gasteiger partial charge in [-0.1, -0.05) is 17.7 Å². The Kier molecular flexibility index (Phi) is 3.85. The molecule has 0 atom stereocenters. The highest BCUT2D eigenvalue weighted by molar-refractivity contribution is 6.40. The summed E-state index contributed by atoms with van der Waals surface area (Å²) < 4.78 is 0. The third kappa shape index (κ3) is 2.76. The number of nitrogens with zero attached hydrogens (tertiary/aromatic N) is 2. The van der Waals surface area contributed by atoms with Crippen molar-refractivity contribution in [1.82, 2.24) is 5.32 Å². The van der Waals surface area contributed by atoms with Crippen LogP contribution in [0.4, 0.5) is 5.69 Å². The van der Waals surface area contributed by atoms with Crippen LogP contribution in [0.3, 0.4) is 0 Å². The summed E-state index contributed by atoms with van der Waals surface area (Å²) in [6, 6.07) is 5.25. The third-order valence-electron chi connectivity index (χ3n) is 2.92. The van der Waals surface area contributed by atoms with Crippen LogP contribution in [0.1, 0.15) is 18.4 Å². The Morgan fingerprint density at radius 1 is 1.42 bits per heavy atom. The van der Waals surface area contributed by atoms with Gasteiger partial charge in [-0.2, -0.15) is 5.10 Å². The maximum atomic E-state index is 11.9. The van der Waals surface area contributed by atoms with E-state index >= 15 is 0 Å². The molecule has 1 aromatic carbocycles. The highest BCUT2D eigenvalue weighted by Gasteiger charge is 2.25. The summed E-state index contributed by atoms with van der Waals surface area (Å²) in [5.74, 6) is -0.414. The first-order valence-electron chi connectivity index (χ1n) is 5.91. The lowest BCUT2D eigenvalue weighted by molar-refractivity contribution is -0.118. The summed E-state index contributed by atoms with van der Waals surface area (Å²) in [4.78, 5) is 23.5. The molecule has 0 aromatic heterocycles. The molecule has 1 aliphatic rings. The fourth-order valence-electron chi connectivity index (χ4n) is 1.78. The molecular formula is C13H14ClN3O2. The van der Waals surface area contributed by atoms with E-state index in [0.29, 0.717) is 22.8 Å². The van der Waals surface area contributed by atoms with E-state index in [1.807, 2.05) is 13.0 Å². The van der Waals surface area contributed by atoms with Gasteiger partial charge in [-0.15, -0.1) is 0 Å². The number of hydrogen-bond donors (Lipinski definition) is 1. The van der Waals surface area contributed by atoms with Crippen LogP contribution in [-0.2, 0) is 9.59 Å². The number of nitrogens with one attached hydrogen (secondary N) is 1. The quantitative estimate of drug-likeness (QED) is 0.898. The number of amides is 2. The topological polar surface area (TPSA) is 61.8 Å². The largest absolute Gasteiger partial charge is 0.354 e. The molecule has 1 aromatic rings. The van der Waals surface area contributed by atoms with Crippen molar-refractivity contribution < 1.29 is 9.59 Å². The lowest BCUT2D eigenvalue weighted by Gasteiger charge is -2.23. The van der Waals surface area contributed by atoms with Crippen LogP contribution in [0.2, 0.25) is 5.02 Å². The SMILES string of the molecule is CNC(=O)C1=NN(c2ccc(C)c(Cl)c2)C(=O)CC1. The van der Waals surface area contributed by atoms with E-state index in [0.717, 1.165) is 5.56 Å². The number of aryl methyl sites for hydroxylation is 1. The molecule has 0 bridgehead atoms. The summed E-state index contributed by atoms with van der Waals surface area (Å²) >= 11 is 6.04. The van der Waals surface area contributed by atoms with Gasteiger partial charge in [-0.25, -0.2) is 5.01 Å². The minimum Gasteiger partial charge on any atom is -0.354 e. The summed E-state index contributed by atoms with van der Waals surface area (Å²) in [5, 5.41) is 8.41. The van der Waals surface area contributed by atoms with Crippen LogP contribution in [0, 0.1) is 6.92 Å². The van der Waals surface area contributed by atoms with Gasteiger partial charge in [0.25, 0.3) is 5.91 Å². The van der Waals surface area contributed by atoms with Crippen molar-refractivity contribution >= 4 is 34.8 Å². The van der Waals surface area contributed by atoms with E-state index < -0.39 is 0 Å². The number of hydrazone groups is 1. The molecule has 0 fully saturated rings. The average molecular weight is 280 g/mol. The number of carbonyl (C=O) groups excluding carboxylic acids is 2. The first-order chi connectivity index (χ1) is 9.02. The average Bonchev–Trinajstić information content (AvgIpc) is 2.41. The van der Waals surface area contributed by atoms with Crippen molar-refractivity contribution in [3.8, 4) is 0 Å². The Hall–Kier alpha value is -1.88. The number of rotatable bonds is 2. The molecule has 2 rings (SSSR count). The second-order valence-electron chi connectivity index (χ2n) is 4.26. The number of benzene rings is 1. The van der Waals surface area contributed by atoms with E-state index in [-0.39, 0.29) is 18.2 Å². The van der Waals surface area contributed by atoms with E-state index in [1.54, 1.807) is 12.1 Å². The minimum atomic E-state index is -0.268. The predicted molar refractivity (Wildman–Crippen MR) is 74.4 cm³/mol. The molecule has 0 saturated carbocycles. The summed E-state index contributed by atoms with van der Waals surface area (Å²) in [6.07, 6.45) is 0.617. The van der Waals surface area contributed by atoms with Crippen molar-refractivity contribution in [2.75, 3.05) is 12.1 Å². The maximum Gasteiger partial charge on any atom is 0.267 e. The van der Waals surface area contributed by atoms with Crippen molar-refractivity contribution in [1.29, 1.82) is 0 Å². The normalized spacial score (nSPS) is 15.2. The van der Waals surface area contributed by atoms with Crippen LogP contribution in [0.5, 0.6) is 0 Å². The van der Waals surface area contributed by atoms with Crippen LogP contribution in [0.25, 0.3) is 0 Å². The van der Waals surface area contributed by atoms with Crippen LogP contribution >= 0.6 is 11.6 Å². The zero-order valence-electron chi connectivity index (χ0n) is 10.7. The van der Waals surface area contributed by atoms with E-state index in [2.05, 4.69) is 10.4 Å². The van der Waals surface area contributed by atoms with Gasteiger partial charge < -0.3 is 5.32 Å². The number of anilines is 1. The smallest absolute Gasteiger partial charge is 0.267 e. The van der Waals surface area contributed by atoms with Gasteiger partial charge in [0.2, 0.25) is 5.91 Å². The number of hydrogen-bond acceptors (Lipinski definition) is 3. The van der Waals surface area contributed by atoms with Gasteiger partial charge in [0.15, 0.2) is 0 Å². The van der Waals surface area contributed by atoms with Gasteiger partial charge in [-0.3, -0.25) is 9.59 Å². The Bertz CT molecular complexity index is 569. The lowest BCUT2D eigenvalue weighted by Crippen LogP contribution is -2.37. The summed E-state index contributed by atoms with van der Waals surface area (Å²) in [5.41, 5.74) is 1.84. The van der Waals surface area contributed by atoms with E-state index in [4.69, 9.17) is 11.6 Å². The highest BCUT2D eigenvalue weighted by atomic mass is 35.5. The zero-order valence-corrected chi connectivity index (χ0v) is 11.5. The fourth-order valence-corrected chi connectivity index (χ4v) is 1.95. The van der Waals surface area contributed by atoms with Gasteiger partial charge in [0.1, 0.15) is 5.71 Å². The van der Waals surface area contributed by atoms with Crippen molar-refractivity contribution in [2.45, 2.75) is 19.8 Å². The second-order valence-corrected chi connectivity index (χ2v) is 4.67. The fraction of sp³-hybridized carbons (Fsp3) is 0.308. The lowest BCUT2D eigenvalue weighted by atomic mass is 10.1. The van der Waals surface area contributed by atoms with Crippen molar-refractivity contribution in [2.24, 2.45) is 5.10 Å². The standard InChI is InChI=1S/C13H14ClN3O2/c1-8-3-4-9(7-10(8)14)17-12(18)6-5-11(16-17)13(19)15-2/h3-4,7H,5-6H2,1-2H3,(H,15,19). The Labute approximate surface area is 116 Å². The zero-order chi connectivity index (χ0) is 14.0. The predicted octanol–water partition coefficient (Wildman–Crippen LogP) is 1.88. The van der Waals surface area contributed by atoms with Crippen LogP contribution in [0.15, 0.2) is 23.3 Å². The molecule has 19 heavy (non-hydrogen) atoms. The van der Waals surface area contributed by atoms with Gasteiger partial charge in [0, 0.05) is 24.9 Å². The van der Waals surface area contributed by atoms with Crippen LogP contribution in [-0.4, -0.2) is 24.6 Å². The molecule has 0 spiro atoms. The molecule has 1 heterocycles. The van der Waals surface area contributed by atoms with Crippen molar-refractivity contribution in [3.63, 3.8) is 0 Å². The summed E-state index contributed by atoms with van der Waals surface area (Å²) in [6.45, 7) is 1.88. The Balaban J connectivity index is 2.38. The molecule has 100 valence electrons. The Morgan fingerprint density at radius 2 is 2.16 bits per heavy atom. The molecule has 5 nitrogen and oxygen atoms in total. The molecule has 0 aliphatic carbocycles. The highest BCUT2D eigenvalue weighted by Crippen LogP contribution is 2.25. The maximum absolute atomic E-state index is 11.9. The minimum absolute atomic E-state index is 0.146. The molecule has 6 heteroatoms. The van der Waals surface area contributed by atoms with Crippen molar-refractivity contribution in [3.05, 3.63) is 28.8 Å². The molecule has 1 aliphatic heterocycles. The first-order valence-corrected chi connectivity index (χ1v) is 6.29. The molecule has 0 unspecified atom stereocenters. The third-order valence-corrected chi connectivity index (χ3v) is 3.33. The monoisotopic (exact) mass is 279 g/mol. The molecule has 0 saturated heterocycles. The number of carbonyl (C=O) groups is 2. The van der Waals surface area contributed by atoms with E-state index in [9.17, 15) is 9.59 Å². The van der Waals surface area contributed by atoms with Crippen LogP contribution < -0.4 is 10.3 Å². The second kappa shape index (κ2) is 5.40. The molecule has 2 amide bonds. The van der Waals surface area contributed by atoms with E-state index in [1.165, 1.54) is 12.1 Å². The van der Waals surface area contributed by atoms with Gasteiger partial charge in [-0.05, 0) is 24.6 Å². The van der Waals surface area contributed by atoms with Gasteiger partial charge >= 0.3 is 0 Å². The molecular weight excluding hydrogens is 266 g/mol. The van der Waals surface area contributed by atoms with Gasteiger partial charge in [0.05, 0.1) is 5.69 Å². The molecule has 0 radical (unpaired) electrons. The Morgan fingerprint density at radius 3 is 2.79 bits per heavy atom. The number of halogens is 1. The first kappa shape index (κ1) is 13.5.